The lowest BCUT2D eigenvalue weighted by Crippen LogP contribution is -2.06. The van der Waals surface area contributed by atoms with Crippen molar-refractivity contribution in [3.63, 3.8) is 0 Å². The smallest absolute Gasteiger partial charge is 0.126 e. The van der Waals surface area contributed by atoms with Crippen LogP contribution in [0.1, 0.15) is 19.4 Å². The topological polar surface area (TPSA) is 21.3 Å². The van der Waals surface area contributed by atoms with E-state index < -0.39 is 5.82 Å². The summed E-state index contributed by atoms with van der Waals surface area (Å²) in [4.78, 5) is 0. The van der Waals surface area contributed by atoms with Gasteiger partial charge in [0.05, 0.1) is 21.8 Å². The SMILES string of the molecule is CC(C)Oc1ccc(CNc2c(Cl)cc(F)cc2Cl)cc1. The molecule has 112 valence electrons. The van der Waals surface area contributed by atoms with Crippen molar-refractivity contribution in [3.8, 4) is 5.75 Å². The number of hydrogen-bond donors (Lipinski definition) is 1. The minimum Gasteiger partial charge on any atom is -0.491 e. The predicted octanol–water partition coefficient (Wildman–Crippen LogP) is 5.53. The van der Waals surface area contributed by atoms with Gasteiger partial charge in [-0.3, -0.25) is 0 Å². The van der Waals surface area contributed by atoms with Gasteiger partial charge in [-0.2, -0.15) is 0 Å². The Kier molecular flexibility index (Phi) is 5.32. The van der Waals surface area contributed by atoms with Gasteiger partial charge in [0.2, 0.25) is 0 Å². The molecule has 0 atom stereocenters. The Bertz CT molecular complexity index is 591. The molecule has 0 aliphatic rings. The van der Waals surface area contributed by atoms with Crippen LogP contribution in [0.25, 0.3) is 0 Å². The molecule has 0 saturated heterocycles. The Balaban J connectivity index is 2.03. The highest BCUT2D eigenvalue weighted by atomic mass is 35.5. The standard InChI is InChI=1S/C16H16Cl2FNO/c1-10(2)21-13-5-3-11(4-6-13)9-20-16-14(17)7-12(19)8-15(16)18/h3-8,10,20H,9H2,1-2H3. The van der Waals surface area contributed by atoms with E-state index >= 15 is 0 Å². The third kappa shape index (κ3) is 4.51. The van der Waals surface area contributed by atoms with Gasteiger partial charge >= 0.3 is 0 Å². The monoisotopic (exact) mass is 327 g/mol. The molecule has 0 aliphatic heterocycles. The molecule has 0 aromatic heterocycles. The average molecular weight is 328 g/mol. The van der Waals surface area contributed by atoms with Crippen molar-refractivity contribution < 1.29 is 9.13 Å². The highest BCUT2D eigenvalue weighted by Crippen LogP contribution is 2.31. The molecular formula is C16H16Cl2FNO. The molecule has 5 heteroatoms. The fourth-order valence-corrected chi connectivity index (χ4v) is 2.45. The number of benzene rings is 2. The van der Waals surface area contributed by atoms with Gasteiger partial charge in [-0.25, -0.2) is 4.39 Å². The molecule has 2 aromatic carbocycles. The number of nitrogens with one attached hydrogen (secondary N) is 1. The van der Waals surface area contributed by atoms with E-state index in [-0.39, 0.29) is 16.1 Å². The van der Waals surface area contributed by atoms with Gasteiger partial charge in [0.1, 0.15) is 11.6 Å². The van der Waals surface area contributed by atoms with Gasteiger partial charge in [-0.15, -0.1) is 0 Å². The minimum atomic E-state index is -0.453. The third-order valence-electron chi connectivity index (χ3n) is 2.77. The molecule has 0 spiro atoms. The van der Waals surface area contributed by atoms with E-state index in [1.807, 2.05) is 38.1 Å². The van der Waals surface area contributed by atoms with E-state index in [9.17, 15) is 4.39 Å². The maximum Gasteiger partial charge on any atom is 0.126 e. The normalized spacial score (nSPS) is 10.8. The number of anilines is 1. The summed E-state index contributed by atoms with van der Waals surface area (Å²) in [5.74, 6) is 0.373. The Morgan fingerprint density at radius 3 is 2.19 bits per heavy atom. The Morgan fingerprint density at radius 1 is 1.10 bits per heavy atom. The van der Waals surface area contributed by atoms with Crippen LogP contribution in [0.4, 0.5) is 10.1 Å². The number of hydrogen-bond acceptors (Lipinski definition) is 2. The Labute approximate surface area is 133 Å². The molecule has 0 unspecified atom stereocenters. The van der Waals surface area contributed by atoms with Gasteiger partial charge in [0.25, 0.3) is 0 Å². The first-order valence-electron chi connectivity index (χ1n) is 6.59. The maximum absolute atomic E-state index is 13.1. The van der Waals surface area contributed by atoms with Crippen LogP contribution in [0.3, 0.4) is 0 Å². The summed E-state index contributed by atoms with van der Waals surface area (Å²) in [5.41, 5.74) is 1.57. The predicted molar refractivity (Wildman–Crippen MR) is 86.0 cm³/mol. The molecule has 2 aromatic rings. The molecule has 0 amide bonds. The van der Waals surface area contributed by atoms with Crippen LogP contribution >= 0.6 is 23.2 Å². The molecule has 0 saturated carbocycles. The lowest BCUT2D eigenvalue weighted by atomic mass is 10.2. The molecule has 0 bridgehead atoms. The van der Waals surface area contributed by atoms with Crippen LogP contribution in [-0.4, -0.2) is 6.10 Å². The van der Waals surface area contributed by atoms with Crippen LogP contribution in [0.2, 0.25) is 10.0 Å². The summed E-state index contributed by atoms with van der Waals surface area (Å²) in [5, 5.41) is 3.64. The fraction of sp³-hybridized carbons (Fsp3) is 0.250. The van der Waals surface area contributed by atoms with Crippen molar-refractivity contribution in [2.75, 3.05) is 5.32 Å². The second-order valence-electron chi connectivity index (χ2n) is 4.91. The molecular weight excluding hydrogens is 312 g/mol. The zero-order valence-corrected chi connectivity index (χ0v) is 13.3. The molecule has 0 radical (unpaired) electrons. The summed E-state index contributed by atoms with van der Waals surface area (Å²) in [6.45, 7) is 4.50. The summed E-state index contributed by atoms with van der Waals surface area (Å²) < 4.78 is 18.7. The first-order chi connectivity index (χ1) is 9.95. The van der Waals surface area contributed by atoms with E-state index in [2.05, 4.69) is 5.32 Å². The maximum atomic E-state index is 13.1. The third-order valence-corrected chi connectivity index (χ3v) is 3.37. The van der Waals surface area contributed by atoms with Gasteiger partial charge in [0, 0.05) is 6.54 Å². The van der Waals surface area contributed by atoms with Crippen molar-refractivity contribution in [2.45, 2.75) is 26.5 Å². The summed E-state index contributed by atoms with van der Waals surface area (Å²) >= 11 is 12.0. The first-order valence-corrected chi connectivity index (χ1v) is 7.35. The minimum absolute atomic E-state index is 0.144. The highest BCUT2D eigenvalue weighted by Gasteiger charge is 2.08. The van der Waals surface area contributed by atoms with Gasteiger partial charge in [0.15, 0.2) is 0 Å². The first kappa shape index (κ1) is 15.9. The van der Waals surface area contributed by atoms with Crippen molar-refractivity contribution >= 4 is 28.9 Å². The van der Waals surface area contributed by atoms with Crippen molar-refractivity contribution in [2.24, 2.45) is 0 Å². The Morgan fingerprint density at radius 2 is 1.67 bits per heavy atom. The fourth-order valence-electron chi connectivity index (χ4n) is 1.86. The largest absolute Gasteiger partial charge is 0.491 e. The number of rotatable bonds is 5. The molecule has 0 heterocycles. The summed E-state index contributed by atoms with van der Waals surface area (Å²) in [6, 6.07) is 10.2. The molecule has 0 fully saturated rings. The number of ether oxygens (including phenoxy) is 1. The van der Waals surface area contributed by atoms with Crippen LogP contribution < -0.4 is 10.1 Å². The highest BCUT2D eigenvalue weighted by molar-refractivity contribution is 6.39. The molecule has 1 N–H and O–H groups in total. The second-order valence-corrected chi connectivity index (χ2v) is 5.72. The molecule has 0 aliphatic carbocycles. The van der Waals surface area contributed by atoms with E-state index in [1.54, 1.807) is 0 Å². The lowest BCUT2D eigenvalue weighted by Gasteiger charge is -2.12. The van der Waals surface area contributed by atoms with Crippen molar-refractivity contribution in [3.05, 3.63) is 57.8 Å². The van der Waals surface area contributed by atoms with Crippen LogP contribution in [0.15, 0.2) is 36.4 Å². The van der Waals surface area contributed by atoms with Crippen LogP contribution in [0, 0.1) is 5.82 Å². The van der Waals surface area contributed by atoms with Gasteiger partial charge < -0.3 is 10.1 Å². The van der Waals surface area contributed by atoms with E-state index in [4.69, 9.17) is 27.9 Å². The second kappa shape index (κ2) is 7.01. The zero-order chi connectivity index (χ0) is 15.4. The van der Waals surface area contributed by atoms with Gasteiger partial charge in [-0.05, 0) is 43.7 Å². The van der Waals surface area contributed by atoms with E-state index in [0.29, 0.717) is 12.2 Å². The van der Waals surface area contributed by atoms with E-state index in [0.717, 1.165) is 11.3 Å². The van der Waals surface area contributed by atoms with Gasteiger partial charge in [-0.1, -0.05) is 35.3 Å². The molecule has 21 heavy (non-hydrogen) atoms. The van der Waals surface area contributed by atoms with Crippen LogP contribution in [0.5, 0.6) is 5.75 Å². The number of halogens is 3. The van der Waals surface area contributed by atoms with Crippen molar-refractivity contribution in [1.29, 1.82) is 0 Å². The quantitative estimate of drug-likeness (QED) is 0.779. The van der Waals surface area contributed by atoms with Crippen LogP contribution in [-0.2, 0) is 6.54 Å². The Hall–Kier alpha value is -1.45. The molecule has 2 rings (SSSR count). The zero-order valence-electron chi connectivity index (χ0n) is 11.8. The summed E-state index contributed by atoms with van der Waals surface area (Å²) in [7, 11) is 0. The van der Waals surface area contributed by atoms with Crippen molar-refractivity contribution in [1.82, 2.24) is 0 Å². The average Bonchev–Trinajstić information content (AvgIpc) is 2.38. The lowest BCUT2D eigenvalue weighted by molar-refractivity contribution is 0.242. The van der Waals surface area contributed by atoms with E-state index in [1.165, 1.54) is 12.1 Å². The molecule has 2 nitrogen and oxygen atoms in total. The summed E-state index contributed by atoms with van der Waals surface area (Å²) in [6.07, 6.45) is 0.144.